The number of aryl methyl sites for hydroxylation is 1. The van der Waals surface area contributed by atoms with Gasteiger partial charge in [-0.3, -0.25) is 4.98 Å². The number of ether oxygens (including phenoxy) is 1. The van der Waals surface area contributed by atoms with Crippen LogP contribution in [0.5, 0.6) is 5.75 Å². The van der Waals surface area contributed by atoms with Crippen molar-refractivity contribution in [3.63, 3.8) is 0 Å². The molecule has 2 heterocycles. The van der Waals surface area contributed by atoms with Crippen molar-refractivity contribution in [1.82, 2.24) is 4.98 Å². The Balaban J connectivity index is 0.00000261. The lowest BCUT2D eigenvalue weighted by atomic mass is 10.1. The van der Waals surface area contributed by atoms with Crippen molar-refractivity contribution >= 4 is 39.5 Å². The standard InChI is InChI=1S/C18H19N3O3S2.ClH/c1-13-11-17(18(25-13)26(19,22)23)14-3-2-4-16(12-14)24-10-9-21-15-5-7-20-8-6-15;/h2-8,11-12H,9-10H2,1H3,(H,20,21)(H2,19,22,23);1H. The normalized spacial score (nSPS) is 10.9. The summed E-state index contributed by atoms with van der Waals surface area (Å²) in [6, 6.07) is 12.9. The molecule has 0 amide bonds. The van der Waals surface area contributed by atoms with E-state index < -0.39 is 10.0 Å². The Morgan fingerprint density at radius 2 is 1.93 bits per heavy atom. The smallest absolute Gasteiger partial charge is 0.248 e. The Bertz CT molecular complexity index is 992. The summed E-state index contributed by atoms with van der Waals surface area (Å²) in [5.74, 6) is 0.670. The number of anilines is 1. The summed E-state index contributed by atoms with van der Waals surface area (Å²) < 4.78 is 29.6. The van der Waals surface area contributed by atoms with E-state index >= 15 is 0 Å². The number of aromatic nitrogens is 1. The van der Waals surface area contributed by atoms with Crippen LogP contribution in [-0.4, -0.2) is 26.6 Å². The van der Waals surface area contributed by atoms with Gasteiger partial charge in [-0.15, -0.1) is 23.7 Å². The highest BCUT2D eigenvalue weighted by molar-refractivity contribution is 7.91. The third kappa shape index (κ3) is 5.67. The zero-order valence-corrected chi connectivity index (χ0v) is 17.0. The lowest BCUT2D eigenvalue weighted by molar-refractivity contribution is 0.333. The number of halogens is 1. The van der Waals surface area contributed by atoms with Crippen LogP contribution in [0.15, 0.2) is 59.1 Å². The zero-order chi connectivity index (χ0) is 18.6. The average Bonchev–Trinajstić information content (AvgIpc) is 3.02. The zero-order valence-electron chi connectivity index (χ0n) is 14.6. The van der Waals surface area contributed by atoms with Gasteiger partial charge in [-0.2, -0.15) is 0 Å². The van der Waals surface area contributed by atoms with E-state index in [1.807, 2.05) is 49.4 Å². The molecule has 0 aliphatic heterocycles. The van der Waals surface area contributed by atoms with Gasteiger partial charge in [-0.05, 0) is 42.8 Å². The molecule has 0 atom stereocenters. The Hall–Kier alpha value is -2.13. The molecule has 144 valence electrons. The Morgan fingerprint density at radius 1 is 1.19 bits per heavy atom. The third-order valence-electron chi connectivity index (χ3n) is 3.60. The number of rotatable bonds is 7. The second-order valence-corrected chi connectivity index (χ2v) is 8.66. The molecule has 1 aromatic carbocycles. The van der Waals surface area contributed by atoms with E-state index in [1.54, 1.807) is 12.4 Å². The number of thiophene rings is 1. The summed E-state index contributed by atoms with van der Waals surface area (Å²) in [4.78, 5) is 4.85. The SMILES string of the molecule is Cc1cc(-c2cccc(OCCNc3ccncc3)c2)c(S(N)(=O)=O)s1.Cl. The van der Waals surface area contributed by atoms with Crippen LogP contribution >= 0.6 is 23.7 Å². The quantitative estimate of drug-likeness (QED) is 0.563. The van der Waals surface area contributed by atoms with E-state index in [1.165, 1.54) is 11.3 Å². The minimum atomic E-state index is -3.76. The summed E-state index contributed by atoms with van der Waals surface area (Å²) in [5, 5.41) is 8.57. The largest absolute Gasteiger partial charge is 0.492 e. The molecule has 2 aromatic heterocycles. The third-order valence-corrected chi connectivity index (χ3v) is 6.13. The van der Waals surface area contributed by atoms with Crippen LogP contribution < -0.4 is 15.2 Å². The van der Waals surface area contributed by atoms with Crippen LogP contribution in [-0.2, 0) is 10.0 Å². The first-order chi connectivity index (χ1) is 12.4. The fraction of sp³-hybridized carbons (Fsp3) is 0.167. The van der Waals surface area contributed by atoms with Gasteiger partial charge in [0.15, 0.2) is 0 Å². The lowest BCUT2D eigenvalue weighted by Gasteiger charge is -2.10. The minimum absolute atomic E-state index is 0. The fourth-order valence-corrected chi connectivity index (χ4v) is 4.59. The molecule has 0 bridgehead atoms. The van der Waals surface area contributed by atoms with Crippen molar-refractivity contribution in [2.75, 3.05) is 18.5 Å². The van der Waals surface area contributed by atoms with Gasteiger partial charge < -0.3 is 10.1 Å². The number of benzene rings is 1. The number of nitrogens with zero attached hydrogens (tertiary/aromatic N) is 1. The number of hydrogen-bond donors (Lipinski definition) is 2. The van der Waals surface area contributed by atoms with Crippen LogP contribution in [0.25, 0.3) is 11.1 Å². The molecule has 0 spiro atoms. The first-order valence-corrected chi connectivity index (χ1v) is 10.3. The van der Waals surface area contributed by atoms with Crippen LogP contribution in [0.1, 0.15) is 4.88 Å². The van der Waals surface area contributed by atoms with Gasteiger partial charge in [0.05, 0.1) is 0 Å². The lowest BCUT2D eigenvalue weighted by Crippen LogP contribution is -2.12. The molecule has 3 N–H and O–H groups in total. The maximum absolute atomic E-state index is 11.8. The number of hydrogen-bond acceptors (Lipinski definition) is 6. The van der Waals surface area contributed by atoms with Gasteiger partial charge in [0.2, 0.25) is 10.0 Å². The van der Waals surface area contributed by atoms with E-state index in [0.717, 1.165) is 16.1 Å². The van der Waals surface area contributed by atoms with E-state index in [4.69, 9.17) is 9.88 Å². The molecular formula is C18H20ClN3O3S2. The van der Waals surface area contributed by atoms with Gasteiger partial charge >= 0.3 is 0 Å². The first-order valence-electron chi connectivity index (χ1n) is 7.94. The Morgan fingerprint density at radius 3 is 2.63 bits per heavy atom. The van der Waals surface area contributed by atoms with Gasteiger partial charge in [0.25, 0.3) is 0 Å². The van der Waals surface area contributed by atoms with Crippen molar-refractivity contribution in [3.8, 4) is 16.9 Å². The Kier molecular flexibility index (Phi) is 7.20. The molecule has 0 fully saturated rings. The minimum Gasteiger partial charge on any atom is -0.492 e. The van der Waals surface area contributed by atoms with Crippen molar-refractivity contribution in [1.29, 1.82) is 0 Å². The first kappa shape index (κ1) is 21.2. The van der Waals surface area contributed by atoms with Crippen LogP contribution in [0, 0.1) is 6.92 Å². The highest BCUT2D eigenvalue weighted by atomic mass is 35.5. The molecule has 6 nitrogen and oxygen atoms in total. The van der Waals surface area contributed by atoms with Crippen molar-refractivity contribution in [2.45, 2.75) is 11.1 Å². The molecule has 0 aliphatic rings. The van der Waals surface area contributed by atoms with E-state index in [-0.39, 0.29) is 16.6 Å². The molecule has 0 unspecified atom stereocenters. The maximum Gasteiger partial charge on any atom is 0.248 e. The number of nitrogens with one attached hydrogen (secondary N) is 1. The molecule has 3 rings (SSSR count). The summed E-state index contributed by atoms with van der Waals surface area (Å²) in [5.41, 5.74) is 2.34. The van der Waals surface area contributed by atoms with Gasteiger partial charge in [0.1, 0.15) is 16.6 Å². The summed E-state index contributed by atoms with van der Waals surface area (Å²) in [6.07, 6.45) is 3.44. The molecule has 0 radical (unpaired) electrons. The van der Waals surface area contributed by atoms with Crippen LogP contribution in [0.4, 0.5) is 5.69 Å². The summed E-state index contributed by atoms with van der Waals surface area (Å²) >= 11 is 1.17. The number of primary sulfonamides is 1. The maximum atomic E-state index is 11.8. The highest BCUT2D eigenvalue weighted by Crippen LogP contribution is 2.35. The highest BCUT2D eigenvalue weighted by Gasteiger charge is 2.19. The molecule has 3 aromatic rings. The van der Waals surface area contributed by atoms with E-state index in [2.05, 4.69) is 10.3 Å². The second-order valence-electron chi connectivity index (χ2n) is 5.64. The van der Waals surface area contributed by atoms with E-state index in [9.17, 15) is 8.42 Å². The number of sulfonamides is 1. The van der Waals surface area contributed by atoms with Crippen LogP contribution in [0.2, 0.25) is 0 Å². The molecule has 27 heavy (non-hydrogen) atoms. The topological polar surface area (TPSA) is 94.3 Å². The van der Waals surface area contributed by atoms with Gasteiger partial charge in [-0.1, -0.05) is 12.1 Å². The Labute approximate surface area is 168 Å². The van der Waals surface area contributed by atoms with Gasteiger partial charge in [-0.25, -0.2) is 13.6 Å². The predicted octanol–water partition coefficient (Wildman–Crippen LogP) is 3.68. The molecule has 9 heteroatoms. The van der Waals surface area contributed by atoms with Gasteiger partial charge in [0, 0.05) is 35.1 Å². The molecule has 0 saturated heterocycles. The predicted molar refractivity (Wildman–Crippen MR) is 111 cm³/mol. The monoisotopic (exact) mass is 425 g/mol. The average molecular weight is 426 g/mol. The van der Waals surface area contributed by atoms with E-state index in [0.29, 0.717) is 24.5 Å². The number of nitrogens with two attached hydrogens (primary N) is 1. The van der Waals surface area contributed by atoms with Crippen molar-refractivity contribution in [3.05, 3.63) is 59.7 Å². The number of pyridine rings is 1. The fourth-order valence-electron chi connectivity index (χ4n) is 2.49. The van der Waals surface area contributed by atoms with Crippen molar-refractivity contribution in [2.24, 2.45) is 5.14 Å². The summed E-state index contributed by atoms with van der Waals surface area (Å²) in [6.45, 7) is 2.96. The molecule has 0 saturated carbocycles. The van der Waals surface area contributed by atoms with Crippen LogP contribution in [0.3, 0.4) is 0 Å². The van der Waals surface area contributed by atoms with Crippen molar-refractivity contribution < 1.29 is 13.2 Å². The molecular weight excluding hydrogens is 406 g/mol. The second kappa shape index (κ2) is 9.18. The molecule has 0 aliphatic carbocycles. The summed E-state index contributed by atoms with van der Waals surface area (Å²) in [7, 11) is -3.76.